The van der Waals surface area contributed by atoms with E-state index in [1.54, 1.807) is 0 Å². The summed E-state index contributed by atoms with van der Waals surface area (Å²) in [5, 5.41) is 3.79. The van der Waals surface area contributed by atoms with Crippen molar-refractivity contribution in [1.82, 2.24) is 5.32 Å². The van der Waals surface area contributed by atoms with Gasteiger partial charge in [0.2, 0.25) is 0 Å². The predicted octanol–water partition coefficient (Wildman–Crippen LogP) is 2.56. The van der Waals surface area contributed by atoms with E-state index in [-0.39, 0.29) is 0 Å². The Hall–Kier alpha value is -0.0400. The number of hydrogen-bond acceptors (Lipinski definition) is 1. The standard InChI is InChI=1S/C11H21N/c1-8-7-9(8)12-10-5-4-6-11(10,2)3/h8-10,12H,4-7H2,1-3H3. The predicted molar refractivity (Wildman–Crippen MR) is 52.1 cm³/mol. The summed E-state index contributed by atoms with van der Waals surface area (Å²) in [5.74, 6) is 0.946. The quantitative estimate of drug-likeness (QED) is 0.666. The summed E-state index contributed by atoms with van der Waals surface area (Å²) >= 11 is 0. The Morgan fingerprint density at radius 3 is 2.42 bits per heavy atom. The summed E-state index contributed by atoms with van der Waals surface area (Å²) in [4.78, 5) is 0. The van der Waals surface area contributed by atoms with Gasteiger partial charge in [0.1, 0.15) is 0 Å². The molecule has 70 valence electrons. The van der Waals surface area contributed by atoms with E-state index in [4.69, 9.17) is 0 Å². The number of nitrogens with one attached hydrogen (secondary N) is 1. The van der Waals surface area contributed by atoms with Crippen LogP contribution >= 0.6 is 0 Å². The first-order valence-electron chi connectivity index (χ1n) is 5.36. The second-order valence-electron chi connectivity index (χ2n) is 5.42. The van der Waals surface area contributed by atoms with Gasteiger partial charge in [-0.1, -0.05) is 27.2 Å². The molecule has 0 radical (unpaired) electrons. The van der Waals surface area contributed by atoms with Gasteiger partial charge in [0, 0.05) is 12.1 Å². The summed E-state index contributed by atoms with van der Waals surface area (Å²) in [6.07, 6.45) is 5.64. The molecule has 0 aliphatic heterocycles. The van der Waals surface area contributed by atoms with Crippen LogP contribution in [0.15, 0.2) is 0 Å². The Kier molecular flexibility index (Phi) is 1.95. The Morgan fingerprint density at radius 1 is 1.33 bits per heavy atom. The van der Waals surface area contributed by atoms with Crippen LogP contribution in [0.2, 0.25) is 0 Å². The lowest BCUT2D eigenvalue weighted by molar-refractivity contribution is 0.279. The van der Waals surface area contributed by atoms with E-state index >= 15 is 0 Å². The molecule has 1 heteroatoms. The Labute approximate surface area is 75.9 Å². The lowest BCUT2D eigenvalue weighted by Crippen LogP contribution is -2.39. The minimum Gasteiger partial charge on any atom is -0.310 e. The van der Waals surface area contributed by atoms with Crippen LogP contribution in [0.25, 0.3) is 0 Å². The molecule has 0 aromatic rings. The normalized spacial score (nSPS) is 44.8. The van der Waals surface area contributed by atoms with Gasteiger partial charge in [-0.25, -0.2) is 0 Å². The highest BCUT2D eigenvalue weighted by molar-refractivity contribution is 4.98. The van der Waals surface area contributed by atoms with Crippen molar-refractivity contribution in [3.05, 3.63) is 0 Å². The molecule has 12 heavy (non-hydrogen) atoms. The van der Waals surface area contributed by atoms with Gasteiger partial charge in [0.25, 0.3) is 0 Å². The van der Waals surface area contributed by atoms with Gasteiger partial charge in [-0.05, 0) is 30.6 Å². The zero-order chi connectivity index (χ0) is 8.77. The highest BCUT2D eigenvalue weighted by Crippen LogP contribution is 2.40. The molecule has 1 N–H and O–H groups in total. The van der Waals surface area contributed by atoms with Gasteiger partial charge in [0.15, 0.2) is 0 Å². The van der Waals surface area contributed by atoms with Crippen molar-refractivity contribution in [2.75, 3.05) is 0 Å². The van der Waals surface area contributed by atoms with Gasteiger partial charge in [-0.2, -0.15) is 0 Å². The third-order valence-corrected chi connectivity index (χ3v) is 3.78. The molecule has 0 spiro atoms. The second-order valence-corrected chi connectivity index (χ2v) is 5.42. The van der Waals surface area contributed by atoms with E-state index in [0.29, 0.717) is 5.41 Å². The van der Waals surface area contributed by atoms with Crippen LogP contribution in [0.1, 0.15) is 46.5 Å². The van der Waals surface area contributed by atoms with Crippen molar-refractivity contribution >= 4 is 0 Å². The summed E-state index contributed by atoms with van der Waals surface area (Å²) in [5.41, 5.74) is 0.558. The van der Waals surface area contributed by atoms with Crippen molar-refractivity contribution in [2.45, 2.75) is 58.5 Å². The third-order valence-electron chi connectivity index (χ3n) is 3.78. The minimum absolute atomic E-state index is 0.558. The summed E-state index contributed by atoms with van der Waals surface area (Å²) in [6.45, 7) is 7.16. The van der Waals surface area contributed by atoms with Gasteiger partial charge in [-0.15, -0.1) is 0 Å². The molecule has 2 aliphatic carbocycles. The maximum atomic E-state index is 3.79. The maximum absolute atomic E-state index is 3.79. The molecular weight excluding hydrogens is 146 g/mol. The van der Waals surface area contributed by atoms with E-state index in [9.17, 15) is 0 Å². The van der Waals surface area contributed by atoms with Gasteiger partial charge >= 0.3 is 0 Å². The second kappa shape index (κ2) is 2.73. The van der Waals surface area contributed by atoms with Gasteiger partial charge in [-0.3, -0.25) is 0 Å². The fraction of sp³-hybridized carbons (Fsp3) is 1.00. The van der Waals surface area contributed by atoms with Gasteiger partial charge < -0.3 is 5.32 Å². The van der Waals surface area contributed by atoms with Crippen LogP contribution in [-0.4, -0.2) is 12.1 Å². The zero-order valence-corrected chi connectivity index (χ0v) is 8.56. The lowest BCUT2D eigenvalue weighted by atomic mass is 9.87. The van der Waals surface area contributed by atoms with Crippen LogP contribution in [0.4, 0.5) is 0 Å². The van der Waals surface area contributed by atoms with Gasteiger partial charge in [0.05, 0.1) is 0 Å². The van der Waals surface area contributed by atoms with E-state index in [2.05, 4.69) is 26.1 Å². The van der Waals surface area contributed by atoms with E-state index in [0.717, 1.165) is 18.0 Å². The van der Waals surface area contributed by atoms with Crippen LogP contribution in [0.3, 0.4) is 0 Å². The Morgan fingerprint density at radius 2 is 2.00 bits per heavy atom. The summed E-state index contributed by atoms with van der Waals surface area (Å²) < 4.78 is 0. The number of hydrogen-bond donors (Lipinski definition) is 1. The molecule has 0 aromatic heterocycles. The first-order valence-corrected chi connectivity index (χ1v) is 5.36. The van der Waals surface area contributed by atoms with Crippen molar-refractivity contribution in [1.29, 1.82) is 0 Å². The molecule has 1 nitrogen and oxygen atoms in total. The molecule has 2 fully saturated rings. The van der Waals surface area contributed by atoms with E-state index in [1.807, 2.05) is 0 Å². The highest BCUT2D eigenvalue weighted by atomic mass is 15.0. The molecule has 0 bridgehead atoms. The molecule has 0 heterocycles. The van der Waals surface area contributed by atoms with Crippen molar-refractivity contribution in [2.24, 2.45) is 11.3 Å². The van der Waals surface area contributed by atoms with Crippen LogP contribution < -0.4 is 5.32 Å². The smallest absolute Gasteiger partial charge is 0.0121 e. The number of rotatable bonds is 2. The summed E-state index contributed by atoms with van der Waals surface area (Å²) in [6, 6.07) is 1.65. The lowest BCUT2D eigenvalue weighted by Gasteiger charge is -2.28. The fourth-order valence-corrected chi connectivity index (χ4v) is 2.45. The van der Waals surface area contributed by atoms with Crippen LogP contribution in [0.5, 0.6) is 0 Å². The molecule has 3 unspecified atom stereocenters. The maximum Gasteiger partial charge on any atom is 0.0121 e. The molecule has 0 aromatic carbocycles. The van der Waals surface area contributed by atoms with Crippen LogP contribution in [-0.2, 0) is 0 Å². The Balaban J connectivity index is 1.87. The van der Waals surface area contributed by atoms with Crippen molar-refractivity contribution in [3.8, 4) is 0 Å². The molecule has 2 rings (SSSR count). The molecule has 2 saturated carbocycles. The molecule has 0 saturated heterocycles. The topological polar surface area (TPSA) is 12.0 Å². The minimum atomic E-state index is 0.558. The van der Waals surface area contributed by atoms with E-state index in [1.165, 1.54) is 25.7 Å². The van der Waals surface area contributed by atoms with Crippen LogP contribution in [0, 0.1) is 11.3 Å². The van der Waals surface area contributed by atoms with Crippen molar-refractivity contribution in [3.63, 3.8) is 0 Å². The first kappa shape index (κ1) is 8.55. The molecular formula is C11H21N. The molecule has 0 amide bonds. The zero-order valence-electron chi connectivity index (χ0n) is 8.56. The summed E-state index contributed by atoms with van der Waals surface area (Å²) in [7, 11) is 0. The highest BCUT2D eigenvalue weighted by Gasteiger charge is 2.40. The largest absolute Gasteiger partial charge is 0.310 e. The SMILES string of the molecule is CC1CC1NC1CCCC1(C)C. The average molecular weight is 167 g/mol. The van der Waals surface area contributed by atoms with Crippen molar-refractivity contribution < 1.29 is 0 Å². The third kappa shape index (κ3) is 1.52. The molecule has 3 atom stereocenters. The Bertz CT molecular complexity index is 174. The fourth-order valence-electron chi connectivity index (χ4n) is 2.45. The first-order chi connectivity index (χ1) is 5.59. The monoisotopic (exact) mass is 167 g/mol. The van der Waals surface area contributed by atoms with E-state index < -0.39 is 0 Å². The average Bonchev–Trinajstić information content (AvgIpc) is 2.53. The molecule has 2 aliphatic rings.